The lowest BCUT2D eigenvalue weighted by Gasteiger charge is -2.14. The minimum atomic E-state index is -0.147. The number of benzene rings is 1. The largest absolute Gasteiger partial charge is 0.321 e. The highest BCUT2D eigenvalue weighted by atomic mass is 16.2. The lowest BCUT2D eigenvalue weighted by atomic mass is 10.1. The highest BCUT2D eigenvalue weighted by Gasteiger charge is 2.23. The standard InChI is InChI=1S/C14H16N4O/c1-18-12-7-8-15-9-11(12)13(17-18)14(19)16-10-5-3-2-4-6-10/h2-6,15H,7-9H2,1H3,(H,16,19). The fraction of sp³-hybridized carbons (Fsp3) is 0.286. The Labute approximate surface area is 111 Å². The van der Waals surface area contributed by atoms with E-state index in [1.54, 1.807) is 0 Å². The van der Waals surface area contributed by atoms with Gasteiger partial charge < -0.3 is 10.6 Å². The summed E-state index contributed by atoms with van der Waals surface area (Å²) in [4.78, 5) is 12.3. The Bertz CT molecular complexity index is 603. The van der Waals surface area contributed by atoms with Crippen LogP contribution in [0.3, 0.4) is 0 Å². The molecule has 0 radical (unpaired) electrons. The Morgan fingerprint density at radius 1 is 1.37 bits per heavy atom. The highest BCUT2D eigenvalue weighted by Crippen LogP contribution is 2.18. The van der Waals surface area contributed by atoms with Crippen LogP contribution in [0.25, 0.3) is 0 Å². The van der Waals surface area contributed by atoms with Gasteiger partial charge in [-0.1, -0.05) is 18.2 Å². The summed E-state index contributed by atoms with van der Waals surface area (Å²) in [5.74, 6) is -0.147. The molecule has 0 atom stereocenters. The Balaban J connectivity index is 1.88. The number of hydrogen-bond acceptors (Lipinski definition) is 3. The van der Waals surface area contributed by atoms with E-state index in [0.29, 0.717) is 12.2 Å². The molecule has 0 aliphatic carbocycles. The first-order valence-corrected chi connectivity index (χ1v) is 6.37. The molecule has 1 aromatic heterocycles. The summed E-state index contributed by atoms with van der Waals surface area (Å²) in [6.07, 6.45) is 0.914. The average Bonchev–Trinajstić information content (AvgIpc) is 2.78. The van der Waals surface area contributed by atoms with Gasteiger partial charge in [-0.3, -0.25) is 9.48 Å². The van der Waals surface area contributed by atoms with Crippen LogP contribution >= 0.6 is 0 Å². The molecule has 2 N–H and O–H groups in total. The lowest BCUT2D eigenvalue weighted by Crippen LogP contribution is -2.26. The van der Waals surface area contributed by atoms with Gasteiger partial charge in [-0.25, -0.2) is 0 Å². The van der Waals surface area contributed by atoms with E-state index in [1.807, 2.05) is 42.1 Å². The Morgan fingerprint density at radius 2 is 2.16 bits per heavy atom. The van der Waals surface area contributed by atoms with E-state index in [0.717, 1.165) is 29.9 Å². The fourth-order valence-electron chi connectivity index (χ4n) is 2.42. The second-order valence-corrected chi connectivity index (χ2v) is 4.64. The van der Waals surface area contributed by atoms with Gasteiger partial charge in [0.1, 0.15) is 0 Å². The molecular weight excluding hydrogens is 240 g/mol. The molecule has 0 bridgehead atoms. The molecule has 1 aliphatic rings. The number of nitrogens with zero attached hydrogens (tertiary/aromatic N) is 2. The van der Waals surface area contributed by atoms with Crippen molar-refractivity contribution in [3.63, 3.8) is 0 Å². The summed E-state index contributed by atoms with van der Waals surface area (Å²) in [6, 6.07) is 9.44. The van der Waals surface area contributed by atoms with Gasteiger partial charge in [0.15, 0.2) is 5.69 Å². The average molecular weight is 256 g/mol. The van der Waals surface area contributed by atoms with Gasteiger partial charge in [0, 0.05) is 43.5 Å². The number of nitrogens with one attached hydrogen (secondary N) is 2. The summed E-state index contributed by atoms with van der Waals surface area (Å²) in [7, 11) is 1.89. The summed E-state index contributed by atoms with van der Waals surface area (Å²) in [5, 5.41) is 10.5. The number of hydrogen-bond donors (Lipinski definition) is 2. The maximum atomic E-state index is 12.3. The number of amides is 1. The molecule has 0 saturated heterocycles. The van der Waals surface area contributed by atoms with E-state index in [4.69, 9.17) is 0 Å². The molecule has 1 amide bonds. The first-order valence-electron chi connectivity index (χ1n) is 6.37. The van der Waals surface area contributed by atoms with Crippen LogP contribution in [0.5, 0.6) is 0 Å². The summed E-state index contributed by atoms with van der Waals surface area (Å²) in [6.45, 7) is 1.65. The normalized spacial score (nSPS) is 13.9. The molecule has 0 spiro atoms. The smallest absolute Gasteiger partial charge is 0.276 e. The van der Waals surface area contributed by atoms with Crippen molar-refractivity contribution < 1.29 is 4.79 Å². The molecule has 98 valence electrons. The summed E-state index contributed by atoms with van der Waals surface area (Å²) >= 11 is 0. The predicted octanol–water partition coefficient (Wildman–Crippen LogP) is 1.32. The number of carbonyl (C=O) groups excluding carboxylic acids is 1. The molecule has 1 aromatic carbocycles. The molecule has 0 saturated carbocycles. The van der Waals surface area contributed by atoms with Gasteiger partial charge in [0.2, 0.25) is 0 Å². The SMILES string of the molecule is Cn1nc(C(=O)Nc2ccccc2)c2c1CCNC2. The number of fused-ring (bicyclic) bond motifs is 1. The summed E-state index contributed by atoms with van der Waals surface area (Å²) < 4.78 is 1.82. The van der Waals surface area contributed by atoms with E-state index >= 15 is 0 Å². The van der Waals surface area contributed by atoms with E-state index in [2.05, 4.69) is 15.7 Å². The molecule has 2 aromatic rings. The molecule has 19 heavy (non-hydrogen) atoms. The van der Waals surface area contributed by atoms with Crippen LogP contribution < -0.4 is 10.6 Å². The van der Waals surface area contributed by atoms with Crippen molar-refractivity contribution in [2.24, 2.45) is 7.05 Å². The number of aromatic nitrogens is 2. The van der Waals surface area contributed by atoms with E-state index in [-0.39, 0.29) is 5.91 Å². The van der Waals surface area contributed by atoms with Crippen LogP contribution in [-0.4, -0.2) is 22.2 Å². The first-order chi connectivity index (χ1) is 9.25. The van der Waals surface area contributed by atoms with Crippen LogP contribution in [0.4, 0.5) is 5.69 Å². The van der Waals surface area contributed by atoms with Crippen LogP contribution in [0.1, 0.15) is 21.7 Å². The van der Waals surface area contributed by atoms with Gasteiger partial charge in [-0.05, 0) is 12.1 Å². The number of para-hydroxylation sites is 1. The summed E-state index contributed by atoms with van der Waals surface area (Å²) in [5.41, 5.74) is 3.48. The maximum Gasteiger partial charge on any atom is 0.276 e. The number of rotatable bonds is 2. The molecule has 3 rings (SSSR count). The van der Waals surface area contributed by atoms with Crippen molar-refractivity contribution in [2.75, 3.05) is 11.9 Å². The Morgan fingerprint density at radius 3 is 2.95 bits per heavy atom. The lowest BCUT2D eigenvalue weighted by molar-refractivity contribution is 0.102. The Kier molecular flexibility index (Phi) is 3.05. The van der Waals surface area contributed by atoms with E-state index in [9.17, 15) is 4.79 Å². The first kappa shape index (κ1) is 11.9. The zero-order chi connectivity index (χ0) is 13.2. The number of carbonyl (C=O) groups is 1. The van der Waals surface area contributed by atoms with E-state index in [1.165, 1.54) is 0 Å². The highest BCUT2D eigenvalue weighted by molar-refractivity contribution is 6.04. The minimum absolute atomic E-state index is 0.147. The number of aryl methyl sites for hydroxylation is 1. The van der Waals surface area contributed by atoms with E-state index < -0.39 is 0 Å². The van der Waals surface area contributed by atoms with Gasteiger partial charge in [-0.15, -0.1) is 0 Å². The van der Waals surface area contributed by atoms with Crippen molar-refractivity contribution in [3.8, 4) is 0 Å². The van der Waals surface area contributed by atoms with Crippen LogP contribution in [0, 0.1) is 0 Å². The van der Waals surface area contributed by atoms with Gasteiger partial charge in [0.25, 0.3) is 5.91 Å². The topological polar surface area (TPSA) is 59.0 Å². The van der Waals surface area contributed by atoms with Crippen molar-refractivity contribution in [2.45, 2.75) is 13.0 Å². The monoisotopic (exact) mass is 256 g/mol. The third-order valence-electron chi connectivity index (χ3n) is 3.36. The second-order valence-electron chi connectivity index (χ2n) is 4.64. The zero-order valence-electron chi connectivity index (χ0n) is 10.8. The number of anilines is 1. The molecule has 0 fully saturated rings. The van der Waals surface area contributed by atoms with Crippen LogP contribution in [0.2, 0.25) is 0 Å². The fourth-order valence-corrected chi connectivity index (χ4v) is 2.42. The van der Waals surface area contributed by atoms with Gasteiger partial charge in [0.05, 0.1) is 0 Å². The van der Waals surface area contributed by atoms with Crippen molar-refractivity contribution in [1.29, 1.82) is 0 Å². The van der Waals surface area contributed by atoms with Crippen molar-refractivity contribution in [1.82, 2.24) is 15.1 Å². The molecule has 1 aliphatic heterocycles. The molecule has 2 heterocycles. The third-order valence-corrected chi connectivity index (χ3v) is 3.36. The molecule has 5 heteroatoms. The zero-order valence-corrected chi connectivity index (χ0v) is 10.8. The maximum absolute atomic E-state index is 12.3. The predicted molar refractivity (Wildman–Crippen MR) is 73.0 cm³/mol. The quantitative estimate of drug-likeness (QED) is 0.852. The van der Waals surface area contributed by atoms with Crippen LogP contribution in [0.15, 0.2) is 30.3 Å². The molecule has 5 nitrogen and oxygen atoms in total. The van der Waals surface area contributed by atoms with Crippen LogP contribution in [-0.2, 0) is 20.0 Å². The van der Waals surface area contributed by atoms with Crippen molar-refractivity contribution >= 4 is 11.6 Å². The third kappa shape index (κ3) is 2.24. The minimum Gasteiger partial charge on any atom is -0.321 e. The molecule has 0 unspecified atom stereocenters. The molecular formula is C14H16N4O. The second kappa shape index (κ2) is 4.85. The van der Waals surface area contributed by atoms with Crippen molar-refractivity contribution in [3.05, 3.63) is 47.3 Å². The van der Waals surface area contributed by atoms with Gasteiger partial charge >= 0.3 is 0 Å². The Hall–Kier alpha value is -2.14. The van der Waals surface area contributed by atoms with Gasteiger partial charge in [-0.2, -0.15) is 5.10 Å².